The van der Waals surface area contributed by atoms with Gasteiger partial charge in [0, 0.05) is 25.9 Å². The largest absolute Gasteiger partial charge is 0.425 e. The number of likely N-dealkylation sites (tertiary alicyclic amines) is 1. The van der Waals surface area contributed by atoms with Crippen molar-refractivity contribution in [3.8, 4) is 6.26 Å². The summed E-state index contributed by atoms with van der Waals surface area (Å²) in [6, 6.07) is 0. The maximum absolute atomic E-state index is 13.7. The molecule has 1 amide bonds. The van der Waals surface area contributed by atoms with E-state index in [-0.39, 0.29) is 25.9 Å². The number of ketones is 1. The summed E-state index contributed by atoms with van der Waals surface area (Å²) in [5, 5.41) is 8.11. The number of alkyl halides is 1. The highest BCUT2D eigenvalue weighted by Crippen LogP contribution is 2.27. The molecule has 0 spiro atoms. The summed E-state index contributed by atoms with van der Waals surface area (Å²) in [6.07, 6.45) is 0.390. The lowest BCUT2D eigenvalue weighted by Gasteiger charge is -2.33. The van der Waals surface area contributed by atoms with E-state index in [0.717, 1.165) is 0 Å². The number of piperidine rings is 1. The van der Waals surface area contributed by atoms with Gasteiger partial charge >= 0.3 is 6.09 Å². The fourth-order valence-corrected chi connectivity index (χ4v) is 1.50. The summed E-state index contributed by atoms with van der Waals surface area (Å²) >= 11 is 0. The van der Waals surface area contributed by atoms with Gasteiger partial charge < -0.3 is 9.64 Å². The number of amides is 1. The van der Waals surface area contributed by atoms with Crippen molar-refractivity contribution in [3.63, 3.8) is 0 Å². The topological polar surface area (TPSA) is 70.4 Å². The van der Waals surface area contributed by atoms with Crippen LogP contribution in [-0.4, -0.2) is 35.5 Å². The summed E-state index contributed by atoms with van der Waals surface area (Å²) in [6.45, 7) is 1.39. The molecule has 0 saturated carbocycles. The Labute approximate surface area is 86.4 Å². The molecule has 0 radical (unpaired) electrons. The molecule has 5 nitrogen and oxygen atoms in total. The number of hydrogen-bond donors (Lipinski definition) is 0. The molecule has 0 N–H and O–H groups in total. The van der Waals surface area contributed by atoms with Gasteiger partial charge in [-0.05, 0) is 6.92 Å². The van der Waals surface area contributed by atoms with Crippen molar-refractivity contribution >= 4 is 11.9 Å². The molecule has 0 unspecified atom stereocenters. The molecule has 1 aliphatic rings. The van der Waals surface area contributed by atoms with Crippen LogP contribution < -0.4 is 0 Å². The van der Waals surface area contributed by atoms with E-state index in [9.17, 15) is 14.0 Å². The van der Waals surface area contributed by atoms with Crippen LogP contribution in [0.25, 0.3) is 0 Å². The highest BCUT2D eigenvalue weighted by Gasteiger charge is 2.40. The van der Waals surface area contributed by atoms with Gasteiger partial charge in [-0.25, -0.2) is 9.18 Å². The van der Waals surface area contributed by atoms with Crippen molar-refractivity contribution in [2.75, 3.05) is 13.1 Å². The van der Waals surface area contributed by atoms with Gasteiger partial charge in [-0.2, -0.15) is 0 Å². The minimum atomic E-state index is -1.83. The molecule has 6 heteroatoms. The number of nitriles is 1. The molecule has 1 heterocycles. The predicted octanol–water partition coefficient (Wildman–Crippen LogP) is 0.997. The Morgan fingerprint density at radius 3 is 2.40 bits per heavy atom. The Balaban J connectivity index is 2.53. The maximum Gasteiger partial charge on any atom is 0.425 e. The van der Waals surface area contributed by atoms with Crippen LogP contribution in [0, 0.1) is 11.5 Å². The van der Waals surface area contributed by atoms with E-state index in [2.05, 4.69) is 4.74 Å². The Morgan fingerprint density at radius 2 is 2.00 bits per heavy atom. The fraction of sp³-hybridized carbons (Fsp3) is 0.667. The predicted molar refractivity (Wildman–Crippen MR) is 47.4 cm³/mol. The second-order valence-electron chi connectivity index (χ2n) is 3.47. The molecule has 0 bridgehead atoms. The number of ether oxygens (including phenoxy) is 1. The molecule has 0 aromatic carbocycles. The Morgan fingerprint density at radius 1 is 1.47 bits per heavy atom. The van der Waals surface area contributed by atoms with Crippen molar-refractivity contribution in [2.45, 2.75) is 25.4 Å². The molecular formula is C9H11FN2O3. The lowest BCUT2D eigenvalue weighted by atomic mass is 9.90. The molecule has 1 aliphatic heterocycles. The van der Waals surface area contributed by atoms with Crippen molar-refractivity contribution in [1.29, 1.82) is 5.26 Å². The second kappa shape index (κ2) is 4.26. The van der Waals surface area contributed by atoms with Crippen molar-refractivity contribution in [1.82, 2.24) is 4.90 Å². The van der Waals surface area contributed by atoms with Gasteiger partial charge in [0.25, 0.3) is 6.26 Å². The number of Topliss-reactive ketones (excluding diaryl/α,β-unsaturated/α-hetero) is 1. The lowest BCUT2D eigenvalue weighted by molar-refractivity contribution is -0.131. The van der Waals surface area contributed by atoms with E-state index in [1.165, 1.54) is 18.1 Å². The minimum Gasteiger partial charge on any atom is -0.333 e. The smallest absolute Gasteiger partial charge is 0.333 e. The Kier molecular flexibility index (Phi) is 3.24. The summed E-state index contributed by atoms with van der Waals surface area (Å²) < 4.78 is 17.8. The zero-order chi connectivity index (χ0) is 11.5. The summed E-state index contributed by atoms with van der Waals surface area (Å²) in [4.78, 5) is 23.2. The quantitative estimate of drug-likeness (QED) is 0.610. The van der Waals surface area contributed by atoms with E-state index in [4.69, 9.17) is 5.26 Å². The van der Waals surface area contributed by atoms with Crippen LogP contribution in [0.5, 0.6) is 0 Å². The van der Waals surface area contributed by atoms with Crippen LogP contribution >= 0.6 is 0 Å². The Hall–Kier alpha value is -1.64. The molecule has 0 aliphatic carbocycles. The van der Waals surface area contributed by atoms with Gasteiger partial charge in [0.15, 0.2) is 11.5 Å². The first kappa shape index (κ1) is 11.4. The van der Waals surface area contributed by atoms with Gasteiger partial charge in [0.1, 0.15) is 0 Å². The van der Waals surface area contributed by atoms with Crippen LogP contribution in [0.4, 0.5) is 9.18 Å². The molecule has 0 atom stereocenters. The number of halogens is 1. The SMILES string of the molecule is CC(=O)C1(F)CCN(C(=O)OC#N)CC1. The van der Waals surface area contributed by atoms with Crippen molar-refractivity contribution in [2.24, 2.45) is 0 Å². The first-order chi connectivity index (χ1) is 6.99. The lowest BCUT2D eigenvalue weighted by Crippen LogP contribution is -2.47. The minimum absolute atomic E-state index is 0.0388. The third kappa shape index (κ3) is 2.43. The van der Waals surface area contributed by atoms with Crippen LogP contribution in [0.15, 0.2) is 0 Å². The summed E-state index contributed by atoms with van der Waals surface area (Å²) in [5.74, 6) is -0.518. The monoisotopic (exact) mass is 214 g/mol. The molecule has 1 saturated heterocycles. The van der Waals surface area contributed by atoms with Gasteiger partial charge in [0.05, 0.1) is 0 Å². The summed E-state index contributed by atoms with van der Waals surface area (Å²) in [7, 11) is 0. The highest BCUT2D eigenvalue weighted by atomic mass is 19.1. The Bertz CT molecular complexity index is 316. The van der Waals surface area contributed by atoms with Crippen LogP contribution in [0.3, 0.4) is 0 Å². The molecule has 0 aromatic rings. The molecule has 0 aromatic heterocycles. The molecule has 82 valence electrons. The van der Waals surface area contributed by atoms with E-state index in [1.54, 1.807) is 0 Å². The number of carbonyl (C=O) groups excluding carboxylic acids is 2. The van der Waals surface area contributed by atoms with E-state index in [0.29, 0.717) is 0 Å². The normalized spacial score (nSPS) is 19.1. The van der Waals surface area contributed by atoms with E-state index in [1.807, 2.05) is 0 Å². The van der Waals surface area contributed by atoms with Gasteiger partial charge in [0.2, 0.25) is 0 Å². The van der Waals surface area contributed by atoms with Gasteiger partial charge in [-0.1, -0.05) is 0 Å². The molecule has 15 heavy (non-hydrogen) atoms. The van der Waals surface area contributed by atoms with E-state index < -0.39 is 17.5 Å². The van der Waals surface area contributed by atoms with Gasteiger partial charge in [-0.15, -0.1) is 5.26 Å². The van der Waals surface area contributed by atoms with Gasteiger partial charge in [-0.3, -0.25) is 4.79 Å². The molecule has 1 rings (SSSR count). The number of carbonyl (C=O) groups is 2. The second-order valence-corrected chi connectivity index (χ2v) is 3.47. The van der Waals surface area contributed by atoms with E-state index >= 15 is 0 Å². The first-order valence-electron chi connectivity index (χ1n) is 4.54. The van der Waals surface area contributed by atoms with Crippen LogP contribution in [0.2, 0.25) is 0 Å². The maximum atomic E-state index is 13.7. The molecular weight excluding hydrogens is 203 g/mol. The van der Waals surface area contributed by atoms with Crippen LogP contribution in [-0.2, 0) is 9.53 Å². The number of nitrogens with zero attached hydrogens (tertiary/aromatic N) is 2. The zero-order valence-electron chi connectivity index (χ0n) is 8.33. The number of rotatable bonds is 1. The first-order valence-corrected chi connectivity index (χ1v) is 4.54. The number of hydrogen-bond acceptors (Lipinski definition) is 4. The third-order valence-corrected chi connectivity index (χ3v) is 2.58. The summed E-state index contributed by atoms with van der Waals surface area (Å²) in [5.41, 5.74) is -1.83. The zero-order valence-corrected chi connectivity index (χ0v) is 8.33. The fourth-order valence-electron chi connectivity index (χ4n) is 1.50. The van der Waals surface area contributed by atoms with Crippen molar-refractivity contribution < 1.29 is 18.7 Å². The van der Waals surface area contributed by atoms with Crippen molar-refractivity contribution in [3.05, 3.63) is 0 Å². The van der Waals surface area contributed by atoms with Crippen LogP contribution in [0.1, 0.15) is 19.8 Å². The standard InChI is InChI=1S/C9H11FN2O3/c1-7(13)9(10)2-4-12(5-3-9)8(14)15-6-11/h2-5H2,1H3. The molecule has 1 fully saturated rings. The third-order valence-electron chi connectivity index (χ3n) is 2.58. The highest BCUT2D eigenvalue weighted by molar-refractivity contribution is 5.85. The average Bonchev–Trinajstić information content (AvgIpc) is 2.19. The average molecular weight is 214 g/mol.